The third-order valence-electron chi connectivity index (χ3n) is 7.31. The van der Waals surface area contributed by atoms with Crippen molar-refractivity contribution in [2.45, 2.75) is 24.2 Å². The van der Waals surface area contributed by atoms with Crippen LogP contribution < -0.4 is 10.2 Å². The van der Waals surface area contributed by atoms with Crippen LogP contribution in [0.1, 0.15) is 29.2 Å². The van der Waals surface area contributed by atoms with Gasteiger partial charge in [0.2, 0.25) is 11.8 Å². The van der Waals surface area contributed by atoms with Gasteiger partial charge < -0.3 is 10.1 Å². The number of ether oxygens (including phenoxy) is 1. The first-order chi connectivity index (χ1) is 20.4. The molecule has 1 saturated heterocycles. The molecule has 0 spiro atoms. The fraction of sp³-hybridized carbons (Fsp3) is 0.258. The SMILES string of the molecule is O=C(CN1C(=O)CS[C@@H](c2ccc(F)cc2F)c2c(-c3ccccc3)nn(-c3ccccc3Cl)c21)NC[C@H]1CCCO1. The molecule has 2 atom stereocenters. The lowest BCUT2D eigenvalue weighted by atomic mass is 9.99. The Kier molecular flexibility index (Phi) is 8.28. The number of anilines is 1. The minimum absolute atomic E-state index is 0.0497. The summed E-state index contributed by atoms with van der Waals surface area (Å²) < 4.78 is 36.5. The number of amides is 2. The third kappa shape index (κ3) is 5.66. The Hall–Kier alpha value is -3.73. The maximum Gasteiger partial charge on any atom is 0.240 e. The van der Waals surface area contributed by atoms with Crippen LogP contribution >= 0.6 is 23.4 Å². The van der Waals surface area contributed by atoms with Crippen molar-refractivity contribution in [1.29, 1.82) is 0 Å². The summed E-state index contributed by atoms with van der Waals surface area (Å²) in [6.45, 7) is 0.708. The molecule has 2 aliphatic rings. The van der Waals surface area contributed by atoms with E-state index in [9.17, 15) is 14.0 Å². The van der Waals surface area contributed by atoms with Crippen molar-refractivity contribution in [3.63, 3.8) is 0 Å². The molecule has 6 rings (SSSR count). The lowest BCUT2D eigenvalue weighted by Gasteiger charge is -2.24. The second-order valence-electron chi connectivity index (χ2n) is 10.1. The Balaban J connectivity index is 1.54. The lowest BCUT2D eigenvalue weighted by Crippen LogP contribution is -2.44. The largest absolute Gasteiger partial charge is 0.376 e. The van der Waals surface area contributed by atoms with E-state index in [0.29, 0.717) is 40.9 Å². The van der Waals surface area contributed by atoms with Gasteiger partial charge in [0, 0.05) is 35.9 Å². The second-order valence-corrected chi connectivity index (χ2v) is 11.6. The minimum Gasteiger partial charge on any atom is -0.376 e. The van der Waals surface area contributed by atoms with Crippen molar-refractivity contribution in [1.82, 2.24) is 15.1 Å². The van der Waals surface area contributed by atoms with Crippen molar-refractivity contribution in [3.8, 4) is 16.9 Å². The normalized spacial score (nSPS) is 18.5. The maximum absolute atomic E-state index is 15.4. The number of thioether (sulfide) groups is 1. The Morgan fingerprint density at radius 2 is 1.88 bits per heavy atom. The number of benzene rings is 3. The molecule has 3 heterocycles. The number of hydrogen-bond donors (Lipinski definition) is 1. The molecule has 216 valence electrons. The highest BCUT2D eigenvalue weighted by atomic mass is 35.5. The quantitative estimate of drug-likeness (QED) is 0.281. The average Bonchev–Trinajstić information content (AvgIpc) is 3.62. The number of fused-ring (bicyclic) bond motifs is 1. The smallest absolute Gasteiger partial charge is 0.240 e. The Morgan fingerprint density at radius 3 is 2.62 bits per heavy atom. The molecule has 0 aliphatic carbocycles. The molecule has 0 saturated carbocycles. The predicted octanol–water partition coefficient (Wildman–Crippen LogP) is 5.94. The van der Waals surface area contributed by atoms with E-state index in [1.54, 1.807) is 28.9 Å². The first-order valence-electron chi connectivity index (χ1n) is 13.6. The highest BCUT2D eigenvalue weighted by molar-refractivity contribution is 8.00. The summed E-state index contributed by atoms with van der Waals surface area (Å²) in [4.78, 5) is 28.4. The van der Waals surface area contributed by atoms with Crippen LogP contribution in [-0.2, 0) is 14.3 Å². The Labute approximate surface area is 250 Å². The molecule has 0 radical (unpaired) electrons. The molecule has 0 unspecified atom stereocenters. The van der Waals surface area contributed by atoms with Crippen molar-refractivity contribution in [2.75, 3.05) is 30.3 Å². The molecule has 2 aliphatic heterocycles. The zero-order valence-corrected chi connectivity index (χ0v) is 24.0. The highest BCUT2D eigenvalue weighted by Crippen LogP contribution is 2.49. The van der Waals surface area contributed by atoms with Crippen molar-refractivity contribution in [3.05, 3.63) is 101 Å². The summed E-state index contributed by atoms with van der Waals surface area (Å²) >= 11 is 7.84. The van der Waals surface area contributed by atoms with Crippen molar-refractivity contribution >= 4 is 41.0 Å². The van der Waals surface area contributed by atoms with Crippen LogP contribution in [0, 0.1) is 11.6 Å². The van der Waals surface area contributed by atoms with E-state index in [4.69, 9.17) is 21.4 Å². The van der Waals surface area contributed by atoms with Gasteiger partial charge in [-0.3, -0.25) is 14.5 Å². The maximum atomic E-state index is 15.4. The van der Waals surface area contributed by atoms with Gasteiger partial charge in [0.05, 0.1) is 33.5 Å². The number of rotatable bonds is 7. The molecule has 1 N–H and O–H groups in total. The molecular weight excluding hydrogens is 582 g/mol. The van der Waals surface area contributed by atoms with Gasteiger partial charge in [-0.1, -0.05) is 60.1 Å². The van der Waals surface area contributed by atoms with Gasteiger partial charge in [-0.25, -0.2) is 13.5 Å². The van der Waals surface area contributed by atoms with E-state index in [1.807, 2.05) is 30.3 Å². The molecule has 7 nitrogen and oxygen atoms in total. The highest BCUT2D eigenvalue weighted by Gasteiger charge is 2.39. The fourth-order valence-corrected chi connectivity index (χ4v) is 6.75. The van der Waals surface area contributed by atoms with Crippen LogP contribution in [0.2, 0.25) is 5.02 Å². The predicted molar refractivity (Wildman–Crippen MR) is 159 cm³/mol. The van der Waals surface area contributed by atoms with E-state index >= 15 is 4.39 Å². The van der Waals surface area contributed by atoms with Gasteiger partial charge in [0.15, 0.2) is 0 Å². The van der Waals surface area contributed by atoms with Crippen LogP contribution in [0.15, 0.2) is 72.8 Å². The third-order valence-corrected chi connectivity index (χ3v) is 8.87. The number of carbonyl (C=O) groups is 2. The second kappa shape index (κ2) is 12.2. The Bertz CT molecular complexity index is 1630. The topological polar surface area (TPSA) is 76.5 Å². The number of nitrogens with zero attached hydrogens (tertiary/aromatic N) is 3. The molecule has 0 bridgehead atoms. The van der Waals surface area contributed by atoms with E-state index in [-0.39, 0.29) is 35.8 Å². The standard InChI is InChI=1S/C31H27ClF2N4O3S/c32-23-10-4-5-11-25(23)38-31-28(29(36-38)19-7-2-1-3-8-19)30(22-13-12-20(33)15-24(22)34)42-18-27(40)37(31)17-26(39)35-16-21-9-6-14-41-21/h1-5,7-8,10-13,15,21,30H,6,9,14,16-18H2,(H,35,39)/t21-,30+/m1/s1. The summed E-state index contributed by atoms with van der Waals surface area (Å²) in [6, 6.07) is 19.8. The molecule has 2 amide bonds. The van der Waals surface area contributed by atoms with Crippen molar-refractivity contribution in [2.24, 2.45) is 0 Å². The molecule has 3 aromatic carbocycles. The number of hydrogen-bond acceptors (Lipinski definition) is 5. The number of aromatic nitrogens is 2. The van der Waals surface area contributed by atoms with Gasteiger partial charge in [-0.2, -0.15) is 5.10 Å². The summed E-state index contributed by atoms with van der Waals surface area (Å²) in [6.07, 6.45) is 1.73. The van der Waals surface area contributed by atoms with E-state index in [1.165, 1.54) is 28.8 Å². The number of carbonyl (C=O) groups excluding carboxylic acids is 2. The van der Waals surface area contributed by atoms with E-state index in [2.05, 4.69) is 5.32 Å². The molecule has 42 heavy (non-hydrogen) atoms. The van der Waals surface area contributed by atoms with Crippen LogP contribution in [0.3, 0.4) is 0 Å². The fourth-order valence-electron chi connectivity index (χ4n) is 5.31. The monoisotopic (exact) mass is 608 g/mol. The molecule has 11 heteroatoms. The first-order valence-corrected chi connectivity index (χ1v) is 15.0. The van der Waals surface area contributed by atoms with E-state index in [0.717, 1.165) is 24.5 Å². The molecule has 1 fully saturated rings. The van der Waals surface area contributed by atoms with Crippen LogP contribution in [0.5, 0.6) is 0 Å². The first kappa shape index (κ1) is 28.4. The van der Waals surface area contributed by atoms with E-state index < -0.39 is 16.9 Å². The number of nitrogens with one attached hydrogen (secondary N) is 1. The minimum atomic E-state index is -0.740. The van der Waals surface area contributed by atoms with Crippen LogP contribution in [0.4, 0.5) is 14.6 Å². The Morgan fingerprint density at radius 1 is 1.10 bits per heavy atom. The lowest BCUT2D eigenvalue weighted by molar-refractivity contribution is -0.123. The van der Waals surface area contributed by atoms with Gasteiger partial charge in [-0.05, 0) is 31.0 Å². The number of para-hydroxylation sites is 1. The summed E-state index contributed by atoms with van der Waals surface area (Å²) in [5.41, 5.74) is 2.43. The summed E-state index contributed by atoms with van der Waals surface area (Å²) in [7, 11) is 0. The van der Waals surface area contributed by atoms with Crippen molar-refractivity contribution < 1.29 is 23.1 Å². The zero-order chi connectivity index (χ0) is 29.2. The van der Waals surface area contributed by atoms with Gasteiger partial charge >= 0.3 is 0 Å². The van der Waals surface area contributed by atoms with Gasteiger partial charge in [0.1, 0.15) is 24.0 Å². The molecular formula is C31H27ClF2N4O3S. The van der Waals surface area contributed by atoms with Crippen LogP contribution in [-0.4, -0.2) is 53.1 Å². The zero-order valence-electron chi connectivity index (χ0n) is 22.4. The van der Waals surface area contributed by atoms with Gasteiger partial charge in [0.25, 0.3) is 0 Å². The molecule has 4 aromatic rings. The summed E-state index contributed by atoms with van der Waals surface area (Å²) in [5.74, 6) is -1.91. The van der Waals surface area contributed by atoms with Gasteiger partial charge in [-0.15, -0.1) is 11.8 Å². The average molecular weight is 609 g/mol. The molecule has 1 aromatic heterocycles. The summed E-state index contributed by atoms with van der Waals surface area (Å²) in [5, 5.41) is 7.46. The van der Waals surface area contributed by atoms with Crippen LogP contribution in [0.25, 0.3) is 16.9 Å². The number of halogens is 3.